The molecule has 0 aromatic rings. The molecule has 0 rings (SSSR count). The molecule has 4 nitrogen and oxygen atoms in total. The lowest BCUT2D eigenvalue weighted by Crippen LogP contribution is -2.12. The average molecular weight is 413 g/mol. The molecule has 0 aliphatic carbocycles. The Balaban J connectivity index is 0. The smallest absolute Gasteiger partial charge is 0.265 e. The normalized spacial score (nSPS) is 13.8. The Morgan fingerprint density at radius 2 is 1.04 bits per heavy atom. The lowest BCUT2D eigenvalue weighted by Gasteiger charge is -2.28. The standard InChI is InChI=1S/C16H36P.C4H11O4P/c1-5-9-13-17(14-10-6-2,15-11-7-3)16-12-8-4;1-2-3-4-8-9(5,6)7/h5-16H2,1-4H3;2-4H2,1H3,(H2,5,6,7)/q+1;/p-1. The van der Waals surface area contributed by atoms with Gasteiger partial charge < -0.3 is 14.3 Å². The zero-order chi connectivity index (χ0) is 20.3. The van der Waals surface area contributed by atoms with E-state index in [1.54, 1.807) is 24.6 Å². The first-order valence-electron chi connectivity index (χ1n) is 10.8. The average Bonchev–Trinajstić information content (AvgIpc) is 2.60. The fraction of sp³-hybridized carbons (Fsp3) is 1.00. The molecule has 26 heavy (non-hydrogen) atoms. The van der Waals surface area contributed by atoms with Gasteiger partial charge in [-0.1, -0.05) is 66.7 Å². The van der Waals surface area contributed by atoms with E-state index in [-0.39, 0.29) is 6.61 Å². The van der Waals surface area contributed by atoms with Gasteiger partial charge in [0.2, 0.25) is 0 Å². The van der Waals surface area contributed by atoms with Gasteiger partial charge in [-0.2, -0.15) is 0 Å². The first-order chi connectivity index (χ1) is 12.3. The molecule has 0 saturated heterocycles. The molecule has 0 radical (unpaired) electrons. The van der Waals surface area contributed by atoms with Crippen LogP contribution in [0, 0.1) is 0 Å². The van der Waals surface area contributed by atoms with Gasteiger partial charge >= 0.3 is 0 Å². The summed E-state index contributed by atoms with van der Waals surface area (Å²) in [6.07, 6.45) is 19.4. The number of hydrogen-bond donors (Lipinski definition) is 1. The Kier molecular flexibility index (Phi) is 20.9. The van der Waals surface area contributed by atoms with Crippen LogP contribution in [-0.2, 0) is 9.09 Å². The zero-order valence-electron chi connectivity index (χ0n) is 18.2. The largest absolute Gasteiger partial charge is 0.756 e. The van der Waals surface area contributed by atoms with Crippen LogP contribution in [0.1, 0.15) is 98.8 Å². The summed E-state index contributed by atoms with van der Waals surface area (Å²) in [5.41, 5.74) is 0. The van der Waals surface area contributed by atoms with Gasteiger partial charge in [-0.25, -0.2) is 0 Å². The van der Waals surface area contributed by atoms with Gasteiger partial charge in [0.1, 0.15) is 0 Å². The molecule has 0 bridgehead atoms. The second kappa shape index (κ2) is 18.9. The highest BCUT2D eigenvalue weighted by Crippen LogP contribution is 2.61. The van der Waals surface area contributed by atoms with Gasteiger partial charge in [-0.3, -0.25) is 4.57 Å². The summed E-state index contributed by atoms with van der Waals surface area (Å²) in [5.74, 6) is 0. The van der Waals surface area contributed by atoms with Crippen LogP contribution in [-0.4, -0.2) is 36.1 Å². The number of rotatable bonds is 16. The molecule has 1 atom stereocenters. The van der Waals surface area contributed by atoms with Gasteiger partial charge in [-0.05, 0) is 32.1 Å². The first kappa shape index (κ1) is 28.7. The van der Waals surface area contributed by atoms with E-state index in [9.17, 15) is 9.46 Å². The molecule has 0 amide bonds. The predicted octanol–water partition coefficient (Wildman–Crippen LogP) is 6.47. The third-order valence-electron chi connectivity index (χ3n) is 4.70. The minimum Gasteiger partial charge on any atom is -0.756 e. The van der Waals surface area contributed by atoms with E-state index in [0.717, 1.165) is 6.42 Å². The molecule has 0 aliphatic rings. The van der Waals surface area contributed by atoms with Crippen molar-refractivity contribution >= 4 is 15.1 Å². The van der Waals surface area contributed by atoms with Crippen molar-refractivity contribution in [1.29, 1.82) is 0 Å². The van der Waals surface area contributed by atoms with E-state index in [2.05, 4.69) is 32.2 Å². The Labute approximate surface area is 164 Å². The minimum atomic E-state index is -4.45. The molecule has 0 heterocycles. The van der Waals surface area contributed by atoms with Crippen LogP contribution in [0.25, 0.3) is 0 Å². The summed E-state index contributed by atoms with van der Waals surface area (Å²) in [6.45, 7) is 11.4. The van der Waals surface area contributed by atoms with Crippen LogP contribution < -0.4 is 4.89 Å². The Morgan fingerprint density at radius 1 is 0.731 bits per heavy atom. The molecule has 0 aliphatic heterocycles. The third kappa shape index (κ3) is 19.3. The van der Waals surface area contributed by atoms with E-state index in [4.69, 9.17) is 4.89 Å². The van der Waals surface area contributed by atoms with E-state index >= 15 is 0 Å². The Hall–Kier alpha value is 0.540. The summed E-state index contributed by atoms with van der Waals surface area (Å²) in [7, 11) is -5.01. The number of phosphoric acid groups is 1. The van der Waals surface area contributed by atoms with Crippen molar-refractivity contribution in [2.45, 2.75) is 98.8 Å². The monoisotopic (exact) mass is 412 g/mol. The van der Waals surface area contributed by atoms with Gasteiger partial charge in [0, 0.05) is 7.26 Å². The van der Waals surface area contributed by atoms with E-state index in [0.29, 0.717) is 6.42 Å². The van der Waals surface area contributed by atoms with Crippen molar-refractivity contribution in [2.24, 2.45) is 0 Å². The van der Waals surface area contributed by atoms with Crippen LogP contribution in [0.3, 0.4) is 0 Å². The number of hydrogen-bond acceptors (Lipinski definition) is 3. The lowest BCUT2D eigenvalue weighted by molar-refractivity contribution is -0.219. The van der Waals surface area contributed by atoms with Crippen LogP contribution in [0.15, 0.2) is 0 Å². The summed E-state index contributed by atoms with van der Waals surface area (Å²) in [4.78, 5) is 17.9. The quantitative estimate of drug-likeness (QED) is 0.233. The van der Waals surface area contributed by atoms with Crippen molar-refractivity contribution in [3.05, 3.63) is 0 Å². The van der Waals surface area contributed by atoms with Crippen LogP contribution in [0.2, 0.25) is 0 Å². The summed E-state index contributed by atoms with van der Waals surface area (Å²) < 4.78 is 13.9. The number of unbranched alkanes of at least 4 members (excludes halogenated alkanes) is 5. The van der Waals surface area contributed by atoms with Crippen molar-refractivity contribution in [3.63, 3.8) is 0 Å². The Morgan fingerprint density at radius 3 is 1.27 bits per heavy atom. The summed E-state index contributed by atoms with van der Waals surface area (Å²) in [6, 6.07) is 0. The molecule has 6 heteroatoms. The van der Waals surface area contributed by atoms with E-state index < -0.39 is 15.1 Å². The summed E-state index contributed by atoms with van der Waals surface area (Å²) >= 11 is 0. The van der Waals surface area contributed by atoms with Gasteiger partial charge in [0.05, 0.1) is 31.3 Å². The Bertz CT molecular complexity index is 294. The van der Waals surface area contributed by atoms with Gasteiger partial charge in [0.25, 0.3) is 7.82 Å². The topological polar surface area (TPSA) is 69.6 Å². The maximum absolute atomic E-state index is 9.87. The second-order valence-electron chi connectivity index (χ2n) is 7.31. The molecule has 0 saturated carbocycles. The molecular formula is C20H46O4P2. The second-order valence-corrected chi connectivity index (χ2v) is 13.0. The maximum Gasteiger partial charge on any atom is 0.265 e. The zero-order valence-corrected chi connectivity index (χ0v) is 20.0. The molecule has 1 unspecified atom stereocenters. The van der Waals surface area contributed by atoms with Gasteiger partial charge in [0.15, 0.2) is 0 Å². The highest BCUT2D eigenvalue weighted by Gasteiger charge is 2.34. The highest BCUT2D eigenvalue weighted by atomic mass is 31.2. The molecule has 0 fully saturated rings. The van der Waals surface area contributed by atoms with Crippen LogP contribution in [0.5, 0.6) is 0 Å². The molecular weight excluding hydrogens is 366 g/mol. The van der Waals surface area contributed by atoms with Crippen molar-refractivity contribution < 1.29 is 18.9 Å². The number of phosphoric ester groups is 1. The molecule has 0 aromatic carbocycles. The molecule has 0 aromatic heterocycles. The molecule has 160 valence electrons. The fourth-order valence-corrected chi connectivity index (χ4v) is 8.62. The van der Waals surface area contributed by atoms with Crippen LogP contribution in [0.4, 0.5) is 0 Å². The maximum atomic E-state index is 9.87. The van der Waals surface area contributed by atoms with E-state index in [1.165, 1.54) is 51.4 Å². The van der Waals surface area contributed by atoms with Crippen molar-refractivity contribution in [1.82, 2.24) is 0 Å². The highest BCUT2D eigenvalue weighted by molar-refractivity contribution is 7.75. The fourth-order valence-electron chi connectivity index (χ4n) is 2.97. The van der Waals surface area contributed by atoms with Crippen molar-refractivity contribution in [2.75, 3.05) is 31.3 Å². The van der Waals surface area contributed by atoms with Gasteiger partial charge in [-0.15, -0.1) is 0 Å². The van der Waals surface area contributed by atoms with Crippen molar-refractivity contribution in [3.8, 4) is 0 Å². The first-order valence-corrected chi connectivity index (χ1v) is 14.9. The summed E-state index contributed by atoms with van der Waals surface area (Å²) in [5, 5.41) is 0. The molecule has 1 N–H and O–H groups in total. The SMILES string of the molecule is CCCCOP(=O)([O-])O.CCCC[P+](CCCC)(CCCC)CCCC. The van der Waals surface area contributed by atoms with Crippen LogP contribution >= 0.6 is 15.1 Å². The predicted molar refractivity (Wildman–Crippen MR) is 117 cm³/mol. The third-order valence-corrected chi connectivity index (χ3v) is 10.3. The van der Waals surface area contributed by atoms with E-state index in [1.807, 2.05) is 6.92 Å². The minimum absolute atomic E-state index is 0.0772. The molecule has 0 spiro atoms. The lowest BCUT2D eigenvalue weighted by atomic mass is 10.4.